The summed E-state index contributed by atoms with van der Waals surface area (Å²) in [6.45, 7) is 8.02. The normalized spacial score (nSPS) is 19.3. The van der Waals surface area contributed by atoms with E-state index in [0.717, 1.165) is 34.5 Å². The van der Waals surface area contributed by atoms with Crippen molar-refractivity contribution in [1.29, 1.82) is 0 Å². The van der Waals surface area contributed by atoms with Gasteiger partial charge in [-0.05, 0) is 52.2 Å². The van der Waals surface area contributed by atoms with Crippen LogP contribution in [0.4, 0.5) is 5.82 Å². The monoisotopic (exact) mass is 515 g/mol. The van der Waals surface area contributed by atoms with Crippen LogP contribution >= 0.6 is 0 Å². The van der Waals surface area contributed by atoms with E-state index < -0.39 is 6.10 Å². The van der Waals surface area contributed by atoms with E-state index in [1.165, 1.54) is 18.4 Å². The second kappa shape index (κ2) is 10.1. The van der Waals surface area contributed by atoms with Crippen LogP contribution in [-0.4, -0.2) is 72.2 Å². The molecule has 0 saturated carbocycles. The van der Waals surface area contributed by atoms with Crippen LogP contribution in [0.15, 0.2) is 35.6 Å². The number of hydrogen-bond acceptors (Lipinski definition) is 8. The highest BCUT2D eigenvalue weighted by atomic mass is 16.3. The molecule has 3 N–H and O–H groups in total. The number of Topliss-reactive ketones (excluding diaryl/α,β-unsaturated/α-hetero) is 1. The van der Waals surface area contributed by atoms with Crippen molar-refractivity contribution in [2.24, 2.45) is 4.99 Å². The lowest BCUT2D eigenvalue weighted by molar-refractivity contribution is -0.140. The zero-order valence-electron chi connectivity index (χ0n) is 22.2. The molecule has 0 bridgehead atoms. The summed E-state index contributed by atoms with van der Waals surface area (Å²) < 4.78 is 1.51. The van der Waals surface area contributed by atoms with E-state index in [9.17, 15) is 14.7 Å². The maximum atomic E-state index is 12.7. The molecule has 0 aliphatic carbocycles. The number of aromatic nitrogens is 4. The predicted molar refractivity (Wildman–Crippen MR) is 146 cm³/mol. The average molecular weight is 516 g/mol. The first kappa shape index (κ1) is 25.7. The zero-order chi connectivity index (χ0) is 27.1. The van der Waals surface area contributed by atoms with Crippen LogP contribution in [0.2, 0.25) is 0 Å². The number of anilines is 1. The summed E-state index contributed by atoms with van der Waals surface area (Å²) in [5, 5.41) is 14.1. The fourth-order valence-corrected chi connectivity index (χ4v) is 5.45. The minimum absolute atomic E-state index is 0.0498. The first-order chi connectivity index (χ1) is 18.2. The van der Waals surface area contributed by atoms with E-state index in [2.05, 4.69) is 23.1 Å². The summed E-state index contributed by atoms with van der Waals surface area (Å²) in [4.78, 5) is 40.9. The van der Waals surface area contributed by atoms with Crippen LogP contribution < -0.4 is 5.73 Å². The molecule has 0 radical (unpaired) electrons. The first-order valence-corrected chi connectivity index (χ1v) is 13.0. The number of rotatable bonds is 5. The molecule has 1 fully saturated rings. The van der Waals surface area contributed by atoms with Crippen LogP contribution in [0, 0.1) is 0 Å². The Hall–Kier alpha value is -3.92. The van der Waals surface area contributed by atoms with E-state index in [0.29, 0.717) is 42.8 Å². The number of likely N-dealkylation sites (tertiary alicyclic amines) is 1. The second-order valence-corrected chi connectivity index (χ2v) is 10.2. The number of nitrogens with zero attached hydrogens (tertiary/aromatic N) is 6. The topological polar surface area (TPSA) is 139 Å². The highest BCUT2D eigenvalue weighted by Crippen LogP contribution is 2.35. The molecule has 0 spiro atoms. The number of hydrogen-bond donors (Lipinski definition) is 2. The smallest absolute Gasteiger partial charge is 0.251 e. The van der Waals surface area contributed by atoms with Crippen molar-refractivity contribution in [1.82, 2.24) is 24.5 Å². The van der Waals surface area contributed by atoms with Gasteiger partial charge in [-0.1, -0.05) is 12.1 Å². The van der Waals surface area contributed by atoms with Crippen molar-refractivity contribution in [3.63, 3.8) is 0 Å². The molecule has 3 aromatic heterocycles. The molecule has 38 heavy (non-hydrogen) atoms. The molecule has 2 unspecified atom stereocenters. The number of carbonyl (C=O) groups excluding carboxylic acids is 2. The van der Waals surface area contributed by atoms with Crippen LogP contribution in [0.3, 0.4) is 0 Å². The Labute approximate surface area is 221 Å². The summed E-state index contributed by atoms with van der Waals surface area (Å²) in [6, 6.07) is 4.05. The lowest BCUT2D eigenvalue weighted by atomic mass is 9.89. The summed E-state index contributed by atoms with van der Waals surface area (Å²) >= 11 is 0. The molecule has 10 heteroatoms. The molecule has 5 heterocycles. The Morgan fingerprint density at radius 3 is 2.53 bits per heavy atom. The predicted octanol–water partition coefficient (Wildman–Crippen LogP) is 3.30. The van der Waals surface area contributed by atoms with Crippen molar-refractivity contribution < 1.29 is 14.7 Å². The summed E-state index contributed by atoms with van der Waals surface area (Å²) in [5.41, 5.74) is 12.8. The van der Waals surface area contributed by atoms with Crippen LogP contribution in [0.25, 0.3) is 22.3 Å². The Morgan fingerprint density at radius 1 is 1.18 bits per heavy atom. The maximum Gasteiger partial charge on any atom is 0.251 e. The number of nitrogen functional groups attached to an aromatic ring is 1. The largest absolute Gasteiger partial charge is 0.384 e. The number of allylic oxidation sites excluding steroid dienone is 1. The molecular formula is C28H33N7O3. The fourth-order valence-electron chi connectivity index (χ4n) is 5.45. The fraction of sp³-hybridized carbons (Fsp3) is 0.429. The summed E-state index contributed by atoms with van der Waals surface area (Å²) in [7, 11) is 0. The molecule has 2 atom stereocenters. The summed E-state index contributed by atoms with van der Waals surface area (Å²) in [6.07, 6.45) is 6.72. The Bertz CT molecular complexity index is 1460. The van der Waals surface area contributed by atoms with Gasteiger partial charge in [-0.25, -0.2) is 4.98 Å². The van der Waals surface area contributed by atoms with Gasteiger partial charge in [-0.3, -0.25) is 19.6 Å². The minimum Gasteiger partial charge on any atom is -0.384 e. The van der Waals surface area contributed by atoms with E-state index in [1.54, 1.807) is 11.1 Å². The second-order valence-electron chi connectivity index (χ2n) is 10.2. The molecule has 2 aliphatic rings. The quantitative estimate of drug-likeness (QED) is 0.497. The first-order valence-electron chi connectivity index (χ1n) is 13.0. The number of aliphatic hydroxyl groups is 1. The van der Waals surface area contributed by atoms with Gasteiger partial charge >= 0.3 is 0 Å². The van der Waals surface area contributed by atoms with E-state index in [1.807, 2.05) is 25.3 Å². The van der Waals surface area contributed by atoms with E-state index in [-0.39, 0.29) is 29.5 Å². The van der Waals surface area contributed by atoms with Gasteiger partial charge in [-0.2, -0.15) is 9.61 Å². The third-order valence-electron chi connectivity index (χ3n) is 7.47. The molecule has 2 aliphatic heterocycles. The van der Waals surface area contributed by atoms with Gasteiger partial charge in [0.05, 0.1) is 29.2 Å². The van der Waals surface area contributed by atoms with Crippen molar-refractivity contribution in [3.05, 3.63) is 47.6 Å². The van der Waals surface area contributed by atoms with Gasteiger partial charge in [0.25, 0.3) is 5.91 Å². The van der Waals surface area contributed by atoms with Crippen molar-refractivity contribution in [2.75, 3.05) is 18.8 Å². The van der Waals surface area contributed by atoms with Crippen molar-refractivity contribution in [2.45, 2.75) is 65.0 Å². The molecule has 10 nitrogen and oxygen atoms in total. The third-order valence-corrected chi connectivity index (χ3v) is 7.47. The Balaban J connectivity index is 1.49. The third kappa shape index (κ3) is 4.60. The van der Waals surface area contributed by atoms with Crippen LogP contribution in [-0.2, 0) is 4.79 Å². The molecule has 1 saturated heterocycles. The van der Waals surface area contributed by atoms with Gasteiger partial charge < -0.3 is 15.7 Å². The van der Waals surface area contributed by atoms with Crippen LogP contribution in [0.5, 0.6) is 0 Å². The minimum atomic E-state index is -1.03. The van der Waals surface area contributed by atoms with Crippen molar-refractivity contribution in [3.8, 4) is 11.1 Å². The summed E-state index contributed by atoms with van der Waals surface area (Å²) in [5.74, 6) is -0.255. The number of fused-ring (bicyclic) bond motifs is 1. The van der Waals surface area contributed by atoms with Crippen molar-refractivity contribution >= 4 is 34.4 Å². The highest BCUT2D eigenvalue weighted by molar-refractivity contribution is 6.00. The number of amides is 1. The number of dihydropyridines is 1. The van der Waals surface area contributed by atoms with Gasteiger partial charge in [0, 0.05) is 48.5 Å². The Morgan fingerprint density at radius 2 is 1.92 bits per heavy atom. The van der Waals surface area contributed by atoms with Gasteiger partial charge in [0.1, 0.15) is 11.9 Å². The van der Waals surface area contributed by atoms with Crippen LogP contribution in [0.1, 0.15) is 74.6 Å². The number of aliphatic hydroxyl groups excluding tert-OH is 1. The molecule has 3 aromatic rings. The molecule has 1 amide bonds. The SMILES string of the molecule is CC(=O)c1c(C2CCN(C(=O)C(C)O)CC2)nc2c(-c3ccc(C4=CCC(C)=NC4C)nc3)cnn2c1N. The molecule has 0 aromatic carbocycles. The maximum absolute atomic E-state index is 12.7. The number of piperidine rings is 1. The lowest BCUT2D eigenvalue weighted by Crippen LogP contribution is -2.42. The number of nitrogens with two attached hydrogens (primary N) is 1. The number of carbonyl (C=O) groups is 2. The number of pyridine rings is 1. The van der Waals surface area contributed by atoms with Gasteiger partial charge in [0.2, 0.25) is 0 Å². The number of aliphatic imine (C=N–C) groups is 1. The standard InChI is InChI=1S/C28H33N7O3/c1-15-5-7-21(16(2)32-15)23-8-6-20(13-30-23)22-14-31-35-26(29)24(17(3)36)25(33-27(22)35)19-9-11-34(12-10-19)28(38)18(4)37/h6-8,13-14,16,18-19,37H,5,9-12,29H2,1-4H3. The average Bonchev–Trinajstić information content (AvgIpc) is 3.32. The molecule has 198 valence electrons. The zero-order valence-corrected chi connectivity index (χ0v) is 22.2. The number of ketones is 1. The highest BCUT2D eigenvalue weighted by Gasteiger charge is 2.31. The molecular weight excluding hydrogens is 482 g/mol. The van der Waals surface area contributed by atoms with Gasteiger partial charge in [0.15, 0.2) is 11.4 Å². The molecule has 5 rings (SSSR count). The van der Waals surface area contributed by atoms with Gasteiger partial charge in [-0.15, -0.1) is 0 Å². The van der Waals surface area contributed by atoms with E-state index >= 15 is 0 Å². The lowest BCUT2D eigenvalue weighted by Gasteiger charge is -2.33. The Kier molecular flexibility index (Phi) is 6.83. The van der Waals surface area contributed by atoms with E-state index in [4.69, 9.17) is 15.7 Å².